The Morgan fingerprint density at radius 2 is 2.00 bits per heavy atom. The van der Waals surface area contributed by atoms with Gasteiger partial charge < -0.3 is 15.6 Å². The predicted octanol–water partition coefficient (Wildman–Crippen LogP) is 1.06. The minimum atomic E-state index is -0.388. The van der Waals surface area contributed by atoms with Crippen molar-refractivity contribution in [3.63, 3.8) is 0 Å². The van der Waals surface area contributed by atoms with Crippen LogP contribution in [0.1, 0.15) is 18.4 Å². The minimum absolute atomic E-state index is 0.0538. The van der Waals surface area contributed by atoms with Gasteiger partial charge in [0, 0.05) is 5.54 Å². The first-order chi connectivity index (χ1) is 7.22. The third-order valence-corrected chi connectivity index (χ3v) is 2.91. The third-order valence-electron chi connectivity index (χ3n) is 2.91. The van der Waals surface area contributed by atoms with Crippen LogP contribution in [0.3, 0.4) is 0 Å². The van der Waals surface area contributed by atoms with Crippen LogP contribution in [-0.2, 0) is 11.3 Å². The van der Waals surface area contributed by atoms with Crippen molar-refractivity contribution in [3.05, 3.63) is 35.9 Å². The fraction of sp³-hybridized carbons (Fsp3) is 0.500. The van der Waals surface area contributed by atoms with Gasteiger partial charge in [0.2, 0.25) is 0 Å². The van der Waals surface area contributed by atoms with Crippen LogP contribution in [0, 0.1) is 0 Å². The van der Waals surface area contributed by atoms with Gasteiger partial charge in [-0.15, -0.1) is 0 Å². The summed E-state index contributed by atoms with van der Waals surface area (Å²) in [4.78, 5) is 0. The van der Waals surface area contributed by atoms with E-state index in [-0.39, 0.29) is 18.2 Å². The van der Waals surface area contributed by atoms with E-state index in [4.69, 9.17) is 15.6 Å². The van der Waals surface area contributed by atoms with E-state index in [1.54, 1.807) is 0 Å². The Bertz CT molecular complexity index is 307. The zero-order chi connectivity index (χ0) is 10.7. The molecule has 1 aromatic carbocycles. The van der Waals surface area contributed by atoms with Crippen molar-refractivity contribution in [2.24, 2.45) is 5.73 Å². The Morgan fingerprint density at radius 3 is 2.60 bits per heavy atom. The Kier molecular flexibility index (Phi) is 3.05. The average molecular weight is 207 g/mol. The number of hydrogen-bond donors (Lipinski definition) is 2. The number of aliphatic hydroxyl groups is 1. The van der Waals surface area contributed by atoms with Crippen molar-refractivity contribution >= 4 is 0 Å². The Labute approximate surface area is 89.9 Å². The quantitative estimate of drug-likeness (QED) is 0.776. The molecule has 0 atom stereocenters. The minimum Gasteiger partial charge on any atom is -0.394 e. The summed E-state index contributed by atoms with van der Waals surface area (Å²) in [5.41, 5.74) is 6.62. The van der Waals surface area contributed by atoms with E-state index in [2.05, 4.69) is 0 Å². The van der Waals surface area contributed by atoms with Gasteiger partial charge in [0.1, 0.15) is 0 Å². The van der Waals surface area contributed by atoms with E-state index < -0.39 is 0 Å². The molecule has 3 heteroatoms. The monoisotopic (exact) mass is 207 g/mol. The Morgan fingerprint density at radius 1 is 1.33 bits per heavy atom. The second kappa shape index (κ2) is 4.31. The second-order valence-corrected chi connectivity index (χ2v) is 4.35. The first-order valence-corrected chi connectivity index (χ1v) is 5.27. The summed E-state index contributed by atoms with van der Waals surface area (Å²) in [6.45, 7) is 0.686. The molecule has 0 radical (unpaired) electrons. The van der Waals surface area contributed by atoms with Gasteiger partial charge in [0.25, 0.3) is 0 Å². The molecule has 3 N–H and O–H groups in total. The highest BCUT2D eigenvalue weighted by Gasteiger charge is 2.41. The lowest BCUT2D eigenvalue weighted by Crippen LogP contribution is -2.57. The predicted molar refractivity (Wildman–Crippen MR) is 58.3 cm³/mol. The van der Waals surface area contributed by atoms with Crippen molar-refractivity contribution in [2.75, 3.05) is 6.61 Å². The zero-order valence-electron chi connectivity index (χ0n) is 8.73. The van der Waals surface area contributed by atoms with Gasteiger partial charge in [-0.3, -0.25) is 0 Å². The number of ether oxygens (including phenoxy) is 1. The molecule has 0 bridgehead atoms. The van der Waals surface area contributed by atoms with Crippen LogP contribution in [-0.4, -0.2) is 23.4 Å². The third kappa shape index (κ3) is 2.56. The van der Waals surface area contributed by atoms with Crippen molar-refractivity contribution in [1.29, 1.82) is 0 Å². The van der Waals surface area contributed by atoms with Crippen LogP contribution < -0.4 is 5.73 Å². The maximum atomic E-state index is 8.97. The molecule has 1 aromatic rings. The lowest BCUT2D eigenvalue weighted by Gasteiger charge is -2.43. The molecule has 0 aliphatic heterocycles. The highest BCUT2D eigenvalue weighted by atomic mass is 16.5. The van der Waals surface area contributed by atoms with E-state index in [0.717, 1.165) is 12.8 Å². The summed E-state index contributed by atoms with van der Waals surface area (Å²) >= 11 is 0. The van der Waals surface area contributed by atoms with Crippen LogP contribution in [0.2, 0.25) is 0 Å². The van der Waals surface area contributed by atoms with Gasteiger partial charge >= 0.3 is 0 Å². The lowest BCUT2D eigenvalue weighted by atomic mass is 9.76. The molecule has 0 spiro atoms. The Balaban J connectivity index is 1.73. The van der Waals surface area contributed by atoms with Crippen LogP contribution in [0.15, 0.2) is 30.3 Å². The molecule has 0 heterocycles. The normalized spacial score (nSPS) is 29.9. The molecule has 82 valence electrons. The fourth-order valence-electron chi connectivity index (χ4n) is 1.88. The molecule has 1 saturated carbocycles. The molecule has 1 aliphatic rings. The fourth-order valence-corrected chi connectivity index (χ4v) is 1.88. The molecule has 15 heavy (non-hydrogen) atoms. The van der Waals surface area contributed by atoms with Crippen LogP contribution in [0.4, 0.5) is 0 Å². The lowest BCUT2D eigenvalue weighted by molar-refractivity contribution is -0.0664. The number of benzene rings is 1. The van der Waals surface area contributed by atoms with E-state index in [1.165, 1.54) is 5.56 Å². The summed E-state index contributed by atoms with van der Waals surface area (Å²) < 4.78 is 5.67. The van der Waals surface area contributed by atoms with Crippen molar-refractivity contribution in [2.45, 2.75) is 31.1 Å². The van der Waals surface area contributed by atoms with Crippen LogP contribution >= 0.6 is 0 Å². The first-order valence-electron chi connectivity index (χ1n) is 5.27. The summed E-state index contributed by atoms with van der Waals surface area (Å²) in [5.74, 6) is 0. The molecule has 0 aromatic heterocycles. The number of hydrogen-bond acceptors (Lipinski definition) is 3. The van der Waals surface area contributed by atoms with Gasteiger partial charge in [-0.2, -0.15) is 0 Å². The van der Waals surface area contributed by atoms with Crippen molar-refractivity contribution < 1.29 is 9.84 Å². The smallest absolute Gasteiger partial charge is 0.0720 e. The van der Waals surface area contributed by atoms with E-state index in [0.29, 0.717) is 6.61 Å². The summed E-state index contributed by atoms with van der Waals surface area (Å²) in [6, 6.07) is 10.1. The maximum absolute atomic E-state index is 8.97. The van der Waals surface area contributed by atoms with E-state index in [1.807, 2.05) is 30.3 Å². The highest BCUT2D eigenvalue weighted by Crippen LogP contribution is 2.32. The summed E-state index contributed by atoms with van der Waals surface area (Å²) in [5, 5.41) is 8.97. The Hall–Kier alpha value is -0.900. The largest absolute Gasteiger partial charge is 0.394 e. The molecule has 0 amide bonds. The molecular weight excluding hydrogens is 190 g/mol. The van der Waals surface area contributed by atoms with Crippen LogP contribution in [0.25, 0.3) is 0 Å². The molecule has 3 nitrogen and oxygen atoms in total. The first kappa shape index (κ1) is 10.6. The van der Waals surface area contributed by atoms with Gasteiger partial charge in [-0.05, 0) is 18.4 Å². The standard InChI is InChI=1S/C12H17NO2/c13-12(9-14)6-11(7-12)15-8-10-4-2-1-3-5-10/h1-5,11,14H,6-9,13H2/t11-,12-. The molecule has 1 aliphatic carbocycles. The molecule has 1 fully saturated rings. The van der Waals surface area contributed by atoms with E-state index in [9.17, 15) is 0 Å². The van der Waals surface area contributed by atoms with Gasteiger partial charge in [0.05, 0.1) is 19.3 Å². The number of nitrogens with two attached hydrogens (primary N) is 1. The summed E-state index contributed by atoms with van der Waals surface area (Å²) in [7, 11) is 0. The van der Waals surface area contributed by atoms with Crippen molar-refractivity contribution in [3.8, 4) is 0 Å². The van der Waals surface area contributed by atoms with Gasteiger partial charge in [-0.1, -0.05) is 30.3 Å². The SMILES string of the molecule is N[C@]1(CO)C[C@@H](OCc2ccccc2)C1. The van der Waals surface area contributed by atoms with Crippen LogP contribution in [0.5, 0.6) is 0 Å². The molecule has 2 rings (SSSR count). The highest BCUT2D eigenvalue weighted by molar-refractivity contribution is 5.13. The summed E-state index contributed by atoms with van der Waals surface area (Å²) in [6.07, 6.45) is 1.73. The maximum Gasteiger partial charge on any atom is 0.0720 e. The van der Waals surface area contributed by atoms with Gasteiger partial charge in [0.15, 0.2) is 0 Å². The van der Waals surface area contributed by atoms with Crippen molar-refractivity contribution in [1.82, 2.24) is 0 Å². The number of rotatable bonds is 4. The topological polar surface area (TPSA) is 55.5 Å². The second-order valence-electron chi connectivity index (χ2n) is 4.35. The molecular formula is C12H17NO2. The number of aliphatic hydroxyl groups excluding tert-OH is 1. The van der Waals surface area contributed by atoms with Gasteiger partial charge in [-0.25, -0.2) is 0 Å². The molecule has 0 saturated heterocycles. The molecule has 0 unspecified atom stereocenters. The average Bonchev–Trinajstić information content (AvgIpc) is 2.24. The zero-order valence-corrected chi connectivity index (χ0v) is 8.73. The van der Waals surface area contributed by atoms with E-state index >= 15 is 0 Å².